The maximum atomic E-state index is 11.8. The molecule has 4 nitrogen and oxygen atoms in total. The molecule has 1 aliphatic carbocycles. The fourth-order valence-electron chi connectivity index (χ4n) is 1.39. The highest BCUT2D eigenvalue weighted by molar-refractivity contribution is 7.89. The Hall–Kier alpha value is -0.390. The van der Waals surface area contributed by atoms with E-state index in [2.05, 4.69) is 11.9 Å². The van der Waals surface area contributed by atoms with Crippen molar-refractivity contribution in [3.05, 3.63) is 12.7 Å². The lowest BCUT2D eigenvalue weighted by atomic mass is 10.6. The van der Waals surface area contributed by atoms with Gasteiger partial charge in [-0.3, -0.25) is 0 Å². The topological polar surface area (TPSA) is 49.4 Å². The summed E-state index contributed by atoms with van der Waals surface area (Å²) >= 11 is 0. The highest BCUT2D eigenvalue weighted by Crippen LogP contribution is 2.18. The van der Waals surface area contributed by atoms with Crippen molar-refractivity contribution in [1.29, 1.82) is 0 Å². The first-order valence-electron chi connectivity index (χ1n) is 5.42. The summed E-state index contributed by atoms with van der Waals surface area (Å²) in [4.78, 5) is 0. The Morgan fingerprint density at radius 1 is 1.53 bits per heavy atom. The number of nitrogens with one attached hydrogen (secondary N) is 1. The lowest BCUT2D eigenvalue weighted by Crippen LogP contribution is -2.36. The van der Waals surface area contributed by atoms with E-state index in [-0.39, 0.29) is 5.75 Å². The third kappa shape index (κ3) is 4.32. The van der Waals surface area contributed by atoms with Crippen LogP contribution in [0.1, 0.15) is 19.8 Å². The van der Waals surface area contributed by atoms with Gasteiger partial charge in [-0.15, -0.1) is 6.58 Å². The van der Waals surface area contributed by atoms with Crippen molar-refractivity contribution < 1.29 is 8.42 Å². The second-order valence-corrected chi connectivity index (χ2v) is 5.87. The number of nitrogens with zero attached hydrogens (tertiary/aromatic N) is 1. The molecule has 1 saturated carbocycles. The summed E-state index contributed by atoms with van der Waals surface area (Å²) in [5, 5.41) is 3.20. The summed E-state index contributed by atoms with van der Waals surface area (Å²) in [5.41, 5.74) is 0. The summed E-state index contributed by atoms with van der Waals surface area (Å²) < 4.78 is 25.0. The summed E-state index contributed by atoms with van der Waals surface area (Å²) in [7, 11) is -3.10. The molecule has 0 atom stereocenters. The van der Waals surface area contributed by atoms with Gasteiger partial charge < -0.3 is 5.32 Å². The Balaban J connectivity index is 2.36. The molecule has 5 heteroatoms. The first-order chi connectivity index (χ1) is 7.10. The molecule has 88 valence electrons. The van der Waals surface area contributed by atoms with E-state index in [1.165, 1.54) is 17.1 Å². The van der Waals surface area contributed by atoms with Crippen molar-refractivity contribution in [2.45, 2.75) is 25.8 Å². The molecule has 0 aromatic carbocycles. The lowest BCUT2D eigenvalue weighted by molar-refractivity contribution is 0.458. The summed E-state index contributed by atoms with van der Waals surface area (Å²) in [6.07, 6.45) is 3.99. The Morgan fingerprint density at radius 2 is 2.20 bits per heavy atom. The Kier molecular flexibility index (Phi) is 4.76. The molecule has 1 aliphatic rings. The van der Waals surface area contributed by atoms with Crippen LogP contribution in [0.25, 0.3) is 0 Å². The van der Waals surface area contributed by atoms with E-state index in [1.54, 1.807) is 6.08 Å². The second kappa shape index (κ2) is 5.63. The van der Waals surface area contributed by atoms with Gasteiger partial charge in [0.25, 0.3) is 0 Å². The van der Waals surface area contributed by atoms with Gasteiger partial charge in [0.2, 0.25) is 10.0 Å². The second-order valence-electron chi connectivity index (χ2n) is 3.78. The summed E-state index contributed by atoms with van der Waals surface area (Å²) in [6.45, 7) is 6.87. The molecule has 0 aromatic rings. The number of likely N-dealkylation sites (N-methyl/N-ethyl adjacent to an activating group) is 1. The Labute approximate surface area is 92.4 Å². The number of sulfonamides is 1. The van der Waals surface area contributed by atoms with Crippen molar-refractivity contribution >= 4 is 10.0 Å². The molecule has 0 aromatic heterocycles. The third-order valence-electron chi connectivity index (χ3n) is 2.45. The van der Waals surface area contributed by atoms with Gasteiger partial charge in [0, 0.05) is 25.7 Å². The van der Waals surface area contributed by atoms with Crippen molar-refractivity contribution in [3.8, 4) is 0 Å². The van der Waals surface area contributed by atoms with Crippen LogP contribution in [-0.2, 0) is 10.0 Å². The minimum atomic E-state index is -3.10. The average Bonchev–Trinajstić information content (AvgIpc) is 2.97. The van der Waals surface area contributed by atoms with Crippen molar-refractivity contribution in [3.63, 3.8) is 0 Å². The first-order valence-corrected chi connectivity index (χ1v) is 7.03. The van der Waals surface area contributed by atoms with Crippen LogP contribution in [0.3, 0.4) is 0 Å². The maximum Gasteiger partial charge on any atom is 0.215 e. The molecule has 0 heterocycles. The molecule has 0 radical (unpaired) electrons. The van der Waals surface area contributed by atoms with Crippen LogP contribution in [0.2, 0.25) is 0 Å². The molecule has 1 N–H and O–H groups in total. The zero-order valence-electron chi connectivity index (χ0n) is 9.28. The van der Waals surface area contributed by atoms with Crippen LogP contribution in [0, 0.1) is 0 Å². The van der Waals surface area contributed by atoms with E-state index in [0.29, 0.717) is 25.7 Å². The highest BCUT2D eigenvalue weighted by Gasteiger charge is 2.23. The summed E-state index contributed by atoms with van der Waals surface area (Å²) in [5.74, 6) is 0.186. The standard InChI is InChI=1S/C10H20N2O2S/c1-3-8-12(4-2)15(13,14)9-7-11-10-5-6-10/h3,10-11H,1,4-9H2,2H3. The molecule has 1 rings (SSSR count). The van der Waals surface area contributed by atoms with E-state index in [1.807, 2.05) is 6.92 Å². The molecule has 0 aliphatic heterocycles. The molecule has 0 amide bonds. The van der Waals surface area contributed by atoms with Gasteiger partial charge >= 0.3 is 0 Å². The predicted octanol–water partition coefficient (Wildman–Crippen LogP) is 0.576. The number of rotatable bonds is 8. The van der Waals surface area contributed by atoms with Crippen LogP contribution in [0.4, 0.5) is 0 Å². The van der Waals surface area contributed by atoms with Gasteiger partial charge in [-0.2, -0.15) is 4.31 Å². The normalized spacial score (nSPS) is 16.9. The molecule has 0 unspecified atom stereocenters. The van der Waals surface area contributed by atoms with Gasteiger partial charge in [-0.05, 0) is 12.8 Å². The minimum Gasteiger partial charge on any atom is -0.313 e. The molecule has 0 saturated heterocycles. The lowest BCUT2D eigenvalue weighted by Gasteiger charge is -2.18. The van der Waals surface area contributed by atoms with Gasteiger partial charge in [0.05, 0.1) is 5.75 Å². The SMILES string of the molecule is C=CCN(CC)S(=O)(=O)CCNC1CC1. The van der Waals surface area contributed by atoms with Crippen LogP contribution in [-0.4, -0.2) is 44.2 Å². The van der Waals surface area contributed by atoms with E-state index in [0.717, 1.165) is 0 Å². The average molecular weight is 232 g/mol. The predicted molar refractivity (Wildman–Crippen MR) is 62.3 cm³/mol. The maximum absolute atomic E-state index is 11.8. The van der Waals surface area contributed by atoms with Crippen LogP contribution >= 0.6 is 0 Å². The van der Waals surface area contributed by atoms with Crippen LogP contribution < -0.4 is 5.32 Å². The largest absolute Gasteiger partial charge is 0.313 e. The van der Waals surface area contributed by atoms with Crippen LogP contribution in [0.15, 0.2) is 12.7 Å². The molecular weight excluding hydrogens is 212 g/mol. The Bertz CT molecular complexity index is 297. The highest BCUT2D eigenvalue weighted by atomic mass is 32.2. The number of hydrogen-bond acceptors (Lipinski definition) is 3. The molecular formula is C10H20N2O2S. The quantitative estimate of drug-likeness (QED) is 0.623. The molecule has 15 heavy (non-hydrogen) atoms. The smallest absolute Gasteiger partial charge is 0.215 e. The van der Waals surface area contributed by atoms with E-state index in [4.69, 9.17) is 0 Å². The minimum absolute atomic E-state index is 0.186. The van der Waals surface area contributed by atoms with E-state index >= 15 is 0 Å². The molecule has 0 bridgehead atoms. The zero-order chi connectivity index (χ0) is 11.3. The van der Waals surface area contributed by atoms with Crippen molar-refractivity contribution in [2.24, 2.45) is 0 Å². The molecule has 1 fully saturated rings. The van der Waals surface area contributed by atoms with Crippen molar-refractivity contribution in [1.82, 2.24) is 9.62 Å². The number of hydrogen-bond donors (Lipinski definition) is 1. The monoisotopic (exact) mass is 232 g/mol. The first kappa shape index (κ1) is 12.7. The van der Waals surface area contributed by atoms with Crippen molar-refractivity contribution in [2.75, 3.05) is 25.4 Å². The van der Waals surface area contributed by atoms with E-state index < -0.39 is 10.0 Å². The molecule has 0 spiro atoms. The van der Waals surface area contributed by atoms with E-state index in [9.17, 15) is 8.42 Å². The third-order valence-corrected chi connectivity index (χ3v) is 4.36. The zero-order valence-corrected chi connectivity index (χ0v) is 10.1. The van der Waals surface area contributed by atoms with Gasteiger partial charge in [0.15, 0.2) is 0 Å². The summed E-state index contributed by atoms with van der Waals surface area (Å²) in [6, 6.07) is 0.565. The van der Waals surface area contributed by atoms with Crippen LogP contribution in [0.5, 0.6) is 0 Å². The Morgan fingerprint density at radius 3 is 2.67 bits per heavy atom. The van der Waals surface area contributed by atoms with Gasteiger partial charge in [0.1, 0.15) is 0 Å². The van der Waals surface area contributed by atoms with Gasteiger partial charge in [-0.1, -0.05) is 13.0 Å². The fraction of sp³-hybridized carbons (Fsp3) is 0.800. The fourth-order valence-corrected chi connectivity index (χ4v) is 2.75. The van der Waals surface area contributed by atoms with Gasteiger partial charge in [-0.25, -0.2) is 8.42 Å².